The van der Waals surface area contributed by atoms with Gasteiger partial charge in [-0.2, -0.15) is 11.8 Å². The quantitative estimate of drug-likeness (QED) is 0.815. The van der Waals surface area contributed by atoms with E-state index in [-0.39, 0.29) is 5.91 Å². The molecule has 0 atom stereocenters. The molecule has 1 aromatic rings. The number of carbonyl (C=O) groups is 1. The van der Waals surface area contributed by atoms with Crippen molar-refractivity contribution in [3.05, 3.63) is 18.2 Å². The Morgan fingerprint density at radius 1 is 1.43 bits per heavy atom. The zero-order chi connectivity index (χ0) is 15.1. The van der Waals surface area contributed by atoms with Crippen LogP contribution in [0.15, 0.2) is 18.2 Å². The van der Waals surface area contributed by atoms with Crippen molar-refractivity contribution in [1.29, 1.82) is 0 Å². The average molecular weight is 309 g/mol. The average Bonchev–Trinajstić information content (AvgIpc) is 2.74. The molecule has 3 N–H and O–H groups in total. The molecule has 0 unspecified atom stereocenters. The van der Waals surface area contributed by atoms with Crippen LogP contribution in [-0.2, 0) is 4.79 Å². The van der Waals surface area contributed by atoms with Gasteiger partial charge in [0.2, 0.25) is 5.91 Å². The number of nitrogens with zero attached hydrogens (tertiary/aromatic N) is 1. The topological polar surface area (TPSA) is 67.6 Å². The molecule has 1 aromatic carbocycles. The molecule has 0 spiro atoms. The van der Waals surface area contributed by atoms with Crippen LogP contribution in [0.25, 0.3) is 0 Å². The van der Waals surface area contributed by atoms with E-state index in [1.165, 1.54) is 12.2 Å². The molecule has 2 rings (SSSR count). The number of thioether (sulfide) groups is 1. The maximum Gasteiger partial charge on any atom is 0.225 e. The van der Waals surface area contributed by atoms with Gasteiger partial charge in [-0.1, -0.05) is 0 Å². The predicted octanol–water partition coefficient (Wildman–Crippen LogP) is 2.04. The van der Waals surface area contributed by atoms with E-state index in [0.717, 1.165) is 25.4 Å². The smallest absolute Gasteiger partial charge is 0.225 e. The van der Waals surface area contributed by atoms with Crippen LogP contribution in [0.2, 0.25) is 0 Å². The number of methoxy groups -OCH3 is 1. The van der Waals surface area contributed by atoms with Crippen molar-refractivity contribution in [2.24, 2.45) is 0 Å². The van der Waals surface area contributed by atoms with Crippen LogP contribution in [-0.4, -0.2) is 49.1 Å². The zero-order valence-corrected chi connectivity index (χ0v) is 13.2. The van der Waals surface area contributed by atoms with Crippen molar-refractivity contribution in [3.8, 4) is 5.75 Å². The van der Waals surface area contributed by atoms with Crippen molar-refractivity contribution < 1.29 is 9.53 Å². The van der Waals surface area contributed by atoms with Crippen LogP contribution in [0.3, 0.4) is 0 Å². The highest BCUT2D eigenvalue weighted by Gasteiger charge is 2.12. The summed E-state index contributed by atoms with van der Waals surface area (Å²) in [5.74, 6) is 3.01. The van der Waals surface area contributed by atoms with Gasteiger partial charge in [0.15, 0.2) is 0 Å². The highest BCUT2D eigenvalue weighted by Crippen LogP contribution is 2.26. The molecule has 0 radical (unpaired) electrons. The Balaban J connectivity index is 1.85. The highest BCUT2D eigenvalue weighted by molar-refractivity contribution is 7.99. The molecule has 1 aliphatic heterocycles. The van der Waals surface area contributed by atoms with E-state index in [1.54, 1.807) is 25.3 Å². The number of hydrogen-bond acceptors (Lipinski definition) is 5. The fourth-order valence-corrected chi connectivity index (χ4v) is 3.24. The van der Waals surface area contributed by atoms with E-state index in [2.05, 4.69) is 10.2 Å². The third kappa shape index (κ3) is 5.13. The van der Waals surface area contributed by atoms with E-state index in [1.807, 2.05) is 11.8 Å². The maximum atomic E-state index is 12.1. The standard InChI is InChI=1S/C15H23N3O2S/c1-20-14-4-3-12(16)11-13(14)17-15(19)5-7-18-6-2-9-21-10-8-18/h3-4,11H,2,5-10,16H2,1H3,(H,17,19). The normalized spacial score (nSPS) is 16.2. The number of anilines is 2. The molecule has 6 heteroatoms. The summed E-state index contributed by atoms with van der Waals surface area (Å²) in [6, 6.07) is 5.24. The molecule has 1 fully saturated rings. The van der Waals surface area contributed by atoms with E-state index < -0.39 is 0 Å². The Morgan fingerprint density at radius 3 is 3.10 bits per heavy atom. The summed E-state index contributed by atoms with van der Waals surface area (Å²) in [4.78, 5) is 14.4. The van der Waals surface area contributed by atoms with Crippen molar-refractivity contribution in [2.45, 2.75) is 12.8 Å². The number of nitrogens with two attached hydrogens (primary N) is 1. The molecule has 1 heterocycles. The second-order valence-corrected chi connectivity index (χ2v) is 6.29. The molecule has 21 heavy (non-hydrogen) atoms. The lowest BCUT2D eigenvalue weighted by molar-refractivity contribution is -0.116. The summed E-state index contributed by atoms with van der Waals surface area (Å²) in [6.07, 6.45) is 1.69. The number of amides is 1. The van der Waals surface area contributed by atoms with Gasteiger partial charge in [-0.15, -0.1) is 0 Å². The fourth-order valence-electron chi connectivity index (χ4n) is 2.32. The summed E-state index contributed by atoms with van der Waals surface area (Å²) >= 11 is 1.99. The lowest BCUT2D eigenvalue weighted by Gasteiger charge is -2.19. The lowest BCUT2D eigenvalue weighted by atomic mass is 10.2. The summed E-state index contributed by atoms with van der Waals surface area (Å²) in [5, 5.41) is 2.88. The number of ether oxygens (including phenoxy) is 1. The molecule has 5 nitrogen and oxygen atoms in total. The van der Waals surface area contributed by atoms with Crippen LogP contribution in [0.5, 0.6) is 5.75 Å². The van der Waals surface area contributed by atoms with Gasteiger partial charge in [-0.3, -0.25) is 4.79 Å². The number of nitrogens with one attached hydrogen (secondary N) is 1. The molecule has 0 aromatic heterocycles. The maximum absolute atomic E-state index is 12.1. The Hall–Kier alpha value is -1.40. The Labute approximate surface area is 130 Å². The predicted molar refractivity (Wildman–Crippen MR) is 89.0 cm³/mol. The third-order valence-corrected chi connectivity index (χ3v) is 4.52. The first-order valence-corrected chi connectivity index (χ1v) is 8.38. The van der Waals surface area contributed by atoms with Crippen molar-refractivity contribution >= 4 is 29.0 Å². The number of hydrogen-bond donors (Lipinski definition) is 2. The van der Waals surface area contributed by atoms with Crippen LogP contribution in [0, 0.1) is 0 Å². The van der Waals surface area contributed by atoms with Crippen molar-refractivity contribution in [3.63, 3.8) is 0 Å². The largest absolute Gasteiger partial charge is 0.495 e. The van der Waals surface area contributed by atoms with Gasteiger partial charge < -0.3 is 20.7 Å². The second kappa shape index (κ2) is 8.14. The summed E-state index contributed by atoms with van der Waals surface area (Å²) in [6.45, 7) is 2.96. The molecule has 1 amide bonds. The molecule has 0 aliphatic carbocycles. The molecular formula is C15H23N3O2S. The molecular weight excluding hydrogens is 286 g/mol. The third-order valence-electron chi connectivity index (χ3n) is 3.47. The van der Waals surface area contributed by atoms with Crippen LogP contribution in [0.4, 0.5) is 11.4 Å². The fraction of sp³-hybridized carbons (Fsp3) is 0.533. The first-order valence-electron chi connectivity index (χ1n) is 7.22. The first kappa shape index (κ1) is 16.0. The molecule has 116 valence electrons. The van der Waals surface area contributed by atoms with E-state index in [0.29, 0.717) is 23.5 Å². The lowest BCUT2D eigenvalue weighted by Crippen LogP contribution is -2.29. The van der Waals surface area contributed by atoms with Gasteiger partial charge in [0, 0.05) is 31.0 Å². The number of benzene rings is 1. The van der Waals surface area contributed by atoms with Gasteiger partial charge in [0.05, 0.1) is 12.8 Å². The monoisotopic (exact) mass is 309 g/mol. The highest BCUT2D eigenvalue weighted by atomic mass is 32.2. The second-order valence-electron chi connectivity index (χ2n) is 5.07. The summed E-state index contributed by atoms with van der Waals surface area (Å²) in [5.41, 5.74) is 6.99. The molecule has 1 saturated heterocycles. The minimum absolute atomic E-state index is 0.00389. The van der Waals surface area contributed by atoms with Crippen LogP contribution in [0.1, 0.15) is 12.8 Å². The van der Waals surface area contributed by atoms with Gasteiger partial charge in [0.25, 0.3) is 0 Å². The molecule has 0 saturated carbocycles. The van der Waals surface area contributed by atoms with Gasteiger partial charge in [-0.25, -0.2) is 0 Å². The molecule has 0 bridgehead atoms. The molecule has 1 aliphatic rings. The number of nitrogen functional groups attached to an aromatic ring is 1. The van der Waals surface area contributed by atoms with Gasteiger partial charge in [0.1, 0.15) is 5.75 Å². The minimum Gasteiger partial charge on any atom is -0.495 e. The van der Waals surface area contributed by atoms with Crippen molar-refractivity contribution in [2.75, 3.05) is 49.3 Å². The summed E-state index contributed by atoms with van der Waals surface area (Å²) < 4.78 is 5.23. The Morgan fingerprint density at radius 2 is 2.29 bits per heavy atom. The van der Waals surface area contributed by atoms with Gasteiger partial charge in [-0.05, 0) is 36.9 Å². The Bertz CT molecular complexity index is 474. The van der Waals surface area contributed by atoms with E-state index in [4.69, 9.17) is 10.5 Å². The van der Waals surface area contributed by atoms with Crippen LogP contribution >= 0.6 is 11.8 Å². The van der Waals surface area contributed by atoms with Gasteiger partial charge >= 0.3 is 0 Å². The number of rotatable bonds is 5. The van der Waals surface area contributed by atoms with E-state index in [9.17, 15) is 4.79 Å². The van der Waals surface area contributed by atoms with E-state index >= 15 is 0 Å². The summed E-state index contributed by atoms with van der Waals surface area (Å²) in [7, 11) is 1.58. The first-order chi connectivity index (χ1) is 10.2. The Kier molecular flexibility index (Phi) is 6.20. The minimum atomic E-state index is -0.00389. The SMILES string of the molecule is COc1ccc(N)cc1NC(=O)CCN1CCCSCC1. The van der Waals surface area contributed by atoms with Crippen molar-refractivity contribution in [1.82, 2.24) is 4.90 Å². The van der Waals surface area contributed by atoms with Crippen LogP contribution < -0.4 is 15.8 Å². The zero-order valence-electron chi connectivity index (χ0n) is 12.4. The number of carbonyl (C=O) groups excluding carboxylic acids is 1.